The molecule has 1 heterocycles. The van der Waals surface area contributed by atoms with E-state index in [9.17, 15) is 4.79 Å². The standard InChI is InChI=1S/C11H12N2O2S/c1-2-15-11(14)4-6-16-10-7-9(8-12)3-5-13-10/h3,5,7H,2,4,6H2,1H3. The smallest absolute Gasteiger partial charge is 0.306 e. The molecule has 1 aromatic heterocycles. The van der Waals surface area contributed by atoms with Crippen LogP contribution in [0.25, 0.3) is 0 Å². The van der Waals surface area contributed by atoms with Crippen molar-refractivity contribution in [3.63, 3.8) is 0 Å². The quantitative estimate of drug-likeness (QED) is 0.578. The van der Waals surface area contributed by atoms with Crippen LogP contribution in [0.4, 0.5) is 0 Å². The lowest BCUT2D eigenvalue weighted by molar-refractivity contribution is -0.142. The molecular formula is C11H12N2O2S. The number of carbonyl (C=O) groups is 1. The Labute approximate surface area is 98.6 Å². The number of rotatable bonds is 5. The summed E-state index contributed by atoms with van der Waals surface area (Å²) >= 11 is 1.44. The Hall–Kier alpha value is -1.54. The second-order valence-electron chi connectivity index (χ2n) is 2.90. The summed E-state index contributed by atoms with van der Waals surface area (Å²) in [4.78, 5) is 15.1. The molecule has 0 aliphatic carbocycles. The van der Waals surface area contributed by atoms with E-state index >= 15 is 0 Å². The van der Waals surface area contributed by atoms with E-state index in [-0.39, 0.29) is 5.97 Å². The fourth-order valence-electron chi connectivity index (χ4n) is 1.03. The summed E-state index contributed by atoms with van der Waals surface area (Å²) in [5, 5.41) is 9.44. The summed E-state index contributed by atoms with van der Waals surface area (Å²) in [5.74, 6) is 0.409. The maximum Gasteiger partial charge on any atom is 0.306 e. The first-order valence-corrected chi connectivity index (χ1v) is 5.89. The lowest BCUT2D eigenvalue weighted by Gasteiger charge is -2.01. The molecule has 0 spiro atoms. The second kappa shape index (κ2) is 6.85. The van der Waals surface area contributed by atoms with Crippen molar-refractivity contribution in [2.24, 2.45) is 0 Å². The third-order valence-corrected chi connectivity index (χ3v) is 2.65. The van der Waals surface area contributed by atoms with Gasteiger partial charge in [-0.2, -0.15) is 5.26 Å². The van der Waals surface area contributed by atoms with Crippen LogP contribution >= 0.6 is 11.8 Å². The van der Waals surface area contributed by atoms with Crippen molar-refractivity contribution >= 4 is 17.7 Å². The minimum atomic E-state index is -0.202. The third-order valence-electron chi connectivity index (χ3n) is 1.73. The molecule has 0 bridgehead atoms. The number of nitriles is 1. The molecule has 5 heteroatoms. The van der Waals surface area contributed by atoms with Crippen molar-refractivity contribution in [3.8, 4) is 6.07 Å². The molecule has 0 saturated heterocycles. The van der Waals surface area contributed by atoms with E-state index in [0.717, 1.165) is 5.03 Å². The van der Waals surface area contributed by atoms with E-state index in [4.69, 9.17) is 10.00 Å². The van der Waals surface area contributed by atoms with Gasteiger partial charge in [-0.25, -0.2) is 4.98 Å². The van der Waals surface area contributed by atoms with Gasteiger partial charge >= 0.3 is 5.97 Å². The topological polar surface area (TPSA) is 63.0 Å². The first-order chi connectivity index (χ1) is 7.76. The summed E-state index contributed by atoms with van der Waals surface area (Å²) in [6.07, 6.45) is 1.95. The monoisotopic (exact) mass is 236 g/mol. The molecule has 0 fully saturated rings. The first kappa shape index (κ1) is 12.5. The average molecular weight is 236 g/mol. The molecule has 4 nitrogen and oxygen atoms in total. The lowest BCUT2D eigenvalue weighted by Crippen LogP contribution is -2.04. The Morgan fingerprint density at radius 3 is 3.19 bits per heavy atom. The van der Waals surface area contributed by atoms with Crippen molar-refractivity contribution in [2.75, 3.05) is 12.4 Å². The maximum atomic E-state index is 11.0. The molecule has 0 aliphatic rings. The van der Waals surface area contributed by atoms with Crippen molar-refractivity contribution in [2.45, 2.75) is 18.4 Å². The summed E-state index contributed by atoms with van der Waals surface area (Å²) in [6.45, 7) is 2.19. The number of hydrogen-bond donors (Lipinski definition) is 0. The van der Waals surface area contributed by atoms with E-state index in [2.05, 4.69) is 4.98 Å². The van der Waals surface area contributed by atoms with Crippen LogP contribution in [-0.4, -0.2) is 23.3 Å². The van der Waals surface area contributed by atoms with E-state index in [1.54, 1.807) is 25.3 Å². The largest absolute Gasteiger partial charge is 0.466 e. The molecule has 0 radical (unpaired) electrons. The normalized spacial score (nSPS) is 9.50. The van der Waals surface area contributed by atoms with Gasteiger partial charge in [0.2, 0.25) is 0 Å². The van der Waals surface area contributed by atoms with Crippen molar-refractivity contribution in [1.29, 1.82) is 5.26 Å². The van der Waals surface area contributed by atoms with Crippen molar-refractivity contribution < 1.29 is 9.53 Å². The highest BCUT2D eigenvalue weighted by molar-refractivity contribution is 7.99. The van der Waals surface area contributed by atoms with E-state index in [1.807, 2.05) is 6.07 Å². The fraction of sp³-hybridized carbons (Fsp3) is 0.364. The molecular weight excluding hydrogens is 224 g/mol. The zero-order valence-electron chi connectivity index (χ0n) is 8.97. The van der Waals surface area contributed by atoms with Crippen LogP contribution in [0.2, 0.25) is 0 Å². The molecule has 0 aromatic carbocycles. The molecule has 84 valence electrons. The fourth-order valence-corrected chi connectivity index (χ4v) is 1.85. The van der Waals surface area contributed by atoms with Gasteiger partial charge in [0.1, 0.15) is 0 Å². The van der Waals surface area contributed by atoms with Gasteiger partial charge in [0, 0.05) is 11.9 Å². The molecule has 0 amide bonds. The van der Waals surface area contributed by atoms with Crippen LogP contribution in [-0.2, 0) is 9.53 Å². The highest BCUT2D eigenvalue weighted by Gasteiger charge is 2.03. The minimum absolute atomic E-state index is 0.202. The molecule has 0 aliphatic heterocycles. The van der Waals surface area contributed by atoms with Crippen LogP contribution in [0, 0.1) is 11.3 Å². The van der Waals surface area contributed by atoms with Gasteiger partial charge in [0.15, 0.2) is 0 Å². The van der Waals surface area contributed by atoms with Gasteiger partial charge in [-0.3, -0.25) is 4.79 Å². The number of hydrogen-bond acceptors (Lipinski definition) is 5. The number of esters is 1. The Kier molecular flexibility index (Phi) is 5.37. The van der Waals surface area contributed by atoms with E-state index in [1.165, 1.54) is 11.8 Å². The molecule has 0 saturated carbocycles. The average Bonchev–Trinajstić information content (AvgIpc) is 2.30. The summed E-state index contributed by atoms with van der Waals surface area (Å²) in [5.41, 5.74) is 0.577. The number of aromatic nitrogens is 1. The van der Waals surface area contributed by atoms with Gasteiger partial charge in [0.25, 0.3) is 0 Å². The van der Waals surface area contributed by atoms with Gasteiger partial charge < -0.3 is 4.74 Å². The highest BCUT2D eigenvalue weighted by atomic mass is 32.2. The number of nitrogens with zero attached hydrogens (tertiary/aromatic N) is 2. The van der Waals surface area contributed by atoms with Gasteiger partial charge in [-0.1, -0.05) is 0 Å². The summed E-state index contributed by atoms with van der Waals surface area (Å²) in [7, 11) is 0. The van der Waals surface area contributed by atoms with Gasteiger partial charge in [0.05, 0.1) is 29.7 Å². The van der Waals surface area contributed by atoms with Crippen LogP contribution in [0.3, 0.4) is 0 Å². The zero-order valence-corrected chi connectivity index (χ0v) is 9.79. The number of thioether (sulfide) groups is 1. The summed E-state index contributed by atoms with van der Waals surface area (Å²) < 4.78 is 4.80. The molecule has 0 atom stereocenters. The van der Waals surface area contributed by atoms with E-state index in [0.29, 0.717) is 24.3 Å². The zero-order chi connectivity index (χ0) is 11.8. The maximum absolute atomic E-state index is 11.0. The number of ether oxygens (including phenoxy) is 1. The third kappa shape index (κ3) is 4.32. The molecule has 0 unspecified atom stereocenters. The Balaban J connectivity index is 2.37. The predicted molar refractivity (Wildman–Crippen MR) is 60.9 cm³/mol. The lowest BCUT2D eigenvalue weighted by atomic mass is 10.3. The number of pyridine rings is 1. The second-order valence-corrected chi connectivity index (χ2v) is 4.01. The van der Waals surface area contributed by atoms with Crippen LogP contribution in [0.1, 0.15) is 18.9 Å². The molecule has 0 N–H and O–H groups in total. The minimum Gasteiger partial charge on any atom is -0.466 e. The predicted octanol–water partition coefficient (Wildman–Crippen LogP) is 2.00. The van der Waals surface area contributed by atoms with Gasteiger partial charge in [-0.15, -0.1) is 11.8 Å². The van der Waals surface area contributed by atoms with Crippen LogP contribution in [0.5, 0.6) is 0 Å². The SMILES string of the molecule is CCOC(=O)CCSc1cc(C#N)ccn1. The van der Waals surface area contributed by atoms with Crippen molar-refractivity contribution in [1.82, 2.24) is 4.98 Å². The molecule has 1 rings (SSSR count). The van der Waals surface area contributed by atoms with Crippen molar-refractivity contribution in [3.05, 3.63) is 23.9 Å². The Morgan fingerprint density at radius 2 is 2.50 bits per heavy atom. The number of carbonyl (C=O) groups excluding carboxylic acids is 1. The highest BCUT2D eigenvalue weighted by Crippen LogP contribution is 2.16. The first-order valence-electron chi connectivity index (χ1n) is 4.91. The van der Waals surface area contributed by atoms with Crippen LogP contribution in [0.15, 0.2) is 23.4 Å². The van der Waals surface area contributed by atoms with E-state index < -0.39 is 0 Å². The Bertz CT molecular complexity index is 401. The Morgan fingerprint density at radius 1 is 1.69 bits per heavy atom. The molecule has 16 heavy (non-hydrogen) atoms. The van der Waals surface area contributed by atoms with Gasteiger partial charge in [-0.05, 0) is 19.1 Å². The molecule has 1 aromatic rings. The summed E-state index contributed by atoms with van der Waals surface area (Å²) in [6, 6.07) is 5.39. The van der Waals surface area contributed by atoms with Crippen LogP contribution < -0.4 is 0 Å².